The number of aryl methyl sites for hydroxylation is 2. The van der Waals surface area contributed by atoms with Crippen molar-refractivity contribution in [3.8, 4) is 17.2 Å². The smallest absolute Gasteiger partial charge is 0.254 e. The van der Waals surface area contributed by atoms with E-state index in [0.29, 0.717) is 145 Å². The number of hydrogen-bond donors (Lipinski definition) is 9. The molecule has 3 saturated heterocycles. The van der Waals surface area contributed by atoms with Crippen molar-refractivity contribution in [3.63, 3.8) is 0 Å². The third kappa shape index (κ3) is 21.2. The third-order valence-corrected chi connectivity index (χ3v) is 32.1. The number of hydrogen-bond acceptors (Lipinski definition) is 31. The zero-order chi connectivity index (χ0) is 97.4. The molecule has 0 spiro atoms. The van der Waals surface area contributed by atoms with Gasteiger partial charge in [0.15, 0.2) is 46.5 Å². The van der Waals surface area contributed by atoms with E-state index in [4.69, 9.17) is 33.9 Å². The highest BCUT2D eigenvalue weighted by Crippen LogP contribution is 2.44. The number of aromatic amines is 3. The Labute approximate surface area is 798 Å². The summed E-state index contributed by atoms with van der Waals surface area (Å²) in [5.41, 5.74) is 10.7. The molecule has 0 aliphatic carbocycles. The maximum Gasteiger partial charge on any atom is 0.254 e. The minimum absolute atomic E-state index is 0.00474. The standard InChI is InChI=1S/C34H44N8O5S.C32H40N8O4S.C31H38N8O4S/c1-20(2)47-29-16-23-19-42(24-9-11-41(12-10-24)13-14-46-6)33(43)25(23)17-27(29)37-34-38-31(26-18-35-40-32(26)39-34)36-28-15-22(5)7-8-30(28)48(44,45)21(3)4;1-18(2)44-27-14-21-17-40(22-9-11-39(6)12-10-22)31(41)23(21)15-25(27)35-32-36-29(24-16-33-38-30(24)37-32)34-26-13-20(5)7-8-28(26)45(42,43)19(3)4;1-18(2)43-26-14-20-17-39(21-10-12-38(5)13-11-21)30(40)22(20)15-25(26)34-31-35-28(23-16-32-37-29(23)36-31)33-24-8-6-7-9-27(24)44(41,42)19(3)4/h7-8,15-18,20-21,24H,9-14,19H2,1-6H3,(H3,35,36,37,38,39,40);7-8,13-16,18-19,22H,9-12,17H2,1-6H3,(H3,33,34,35,36,37,38);6-9,14-16,18-19,21H,10-13,17H2,1-5H3,(H3,32,33,34,35,36,37). The van der Waals surface area contributed by atoms with E-state index in [9.17, 15) is 39.6 Å². The van der Waals surface area contributed by atoms with E-state index in [-0.39, 0.29) is 86.7 Å². The first-order chi connectivity index (χ1) is 65.3. The van der Waals surface area contributed by atoms with Crippen molar-refractivity contribution in [1.82, 2.24) is 89.9 Å². The van der Waals surface area contributed by atoms with Crippen LogP contribution in [0.5, 0.6) is 17.2 Å². The fourth-order valence-electron chi connectivity index (χ4n) is 17.9. The summed E-state index contributed by atoms with van der Waals surface area (Å²) in [5.74, 6) is 3.58. The number of nitrogens with one attached hydrogen (secondary N) is 9. The van der Waals surface area contributed by atoms with Crippen LogP contribution in [0.15, 0.2) is 130 Å². The number of likely N-dealkylation sites (tertiary alicyclic amines) is 3. The molecule has 0 saturated carbocycles. The van der Waals surface area contributed by atoms with Crippen molar-refractivity contribution in [1.29, 1.82) is 0 Å². The van der Waals surface area contributed by atoms with Crippen molar-refractivity contribution in [2.45, 2.75) is 222 Å². The van der Waals surface area contributed by atoms with Gasteiger partial charge in [-0.15, -0.1) is 0 Å². The van der Waals surface area contributed by atoms with Gasteiger partial charge in [-0.05, 0) is 276 Å². The van der Waals surface area contributed by atoms with Gasteiger partial charge in [0.05, 0.1) is 124 Å². The quantitative estimate of drug-likeness (QED) is 0.0202. The van der Waals surface area contributed by atoms with E-state index in [2.05, 4.69) is 106 Å². The molecule has 0 unspecified atom stereocenters. The first-order valence-electron chi connectivity index (χ1n) is 46.7. The molecule has 37 nitrogen and oxygen atoms in total. The summed E-state index contributed by atoms with van der Waals surface area (Å²) in [7, 11) is -4.81. The summed E-state index contributed by atoms with van der Waals surface area (Å²) in [6, 6.07) is 29.0. The maximum absolute atomic E-state index is 13.8. The fraction of sp³-hybridized carbons (Fsp3) is 0.443. The van der Waals surface area contributed by atoms with Crippen LogP contribution < -0.4 is 46.1 Å². The average molecular weight is 1930 g/mol. The van der Waals surface area contributed by atoms with E-state index < -0.39 is 45.3 Å². The summed E-state index contributed by atoms with van der Waals surface area (Å²) in [4.78, 5) is 82.6. The molecule has 12 aromatic rings. The Hall–Kier alpha value is -12.7. The molecule has 6 aliphatic heterocycles. The number of sulfone groups is 3. The predicted molar refractivity (Wildman–Crippen MR) is 529 cm³/mol. The first-order valence-corrected chi connectivity index (χ1v) is 51.3. The lowest BCUT2D eigenvalue weighted by molar-refractivity contribution is 0.0562. The Morgan fingerprint density at radius 3 is 1.02 bits per heavy atom. The lowest BCUT2D eigenvalue weighted by atomic mass is 10.0. The minimum atomic E-state index is -3.60. The molecule has 3 amide bonds. The number of para-hydroxylation sites is 1. The molecule has 6 aromatic carbocycles. The molecule has 18 rings (SSSR count). The van der Waals surface area contributed by atoms with Crippen LogP contribution in [0, 0.1) is 13.8 Å². The highest BCUT2D eigenvalue weighted by molar-refractivity contribution is 7.92. The normalized spacial score (nSPS) is 16.1. The molecular formula is C97H122N24O13S3. The van der Waals surface area contributed by atoms with Crippen LogP contribution in [0.1, 0.15) is 181 Å². The van der Waals surface area contributed by atoms with Gasteiger partial charge < -0.3 is 80.2 Å². The second-order valence-electron chi connectivity index (χ2n) is 37.6. The molecule has 3 fully saturated rings. The second kappa shape index (κ2) is 40.5. The molecule has 726 valence electrons. The van der Waals surface area contributed by atoms with Gasteiger partial charge in [-0.2, -0.15) is 45.2 Å². The Balaban J connectivity index is 0.000000149. The monoisotopic (exact) mass is 1930 g/mol. The Morgan fingerprint density at radius 2 is 0.701 bits per heavy atom. The van der Waals surface area contributed by atoms with Crippen molar-refractivity contribution >= 4 is 150 Å². The van der Waals surface area contributed by atoms with Crippen LogP contribution in [0.4, 0.5) is 69.4 Å². The number of carbonyl (C=O) groups is 3. The summed E-state index contributed by atoms with van der Waals surface area (Å²) in [6.45, 7) is 34.4. The van der Waals surface area contributed by atoms with Gasteiger partial charge >= 0.3 is 0 Å². The molecule has 40 heteroatoms. The Kier molecular flexibility index (Phi) is 28.8. The number of nitrogens with zero attached hydrogens (tertiary/aromatic N) is 15. The minimum Gasteiger partial charge on any atom is -0.489 e. The molecular weight excluding hydrogens is 1810 g/mol. The summed E-state index contributed by atoms with van der Waals surface area (Å²) in [6.07, 6.45) is 10.1. The summed E-state index contributed by atoms with van der Waals surface area (Å²) in [5, 5.41) is 40.6. The lowest BCUT2D eigenvalue weighted by Crippen LogP contribution is -2.45. The number of amides is 3. The molecule has 9 N–H and O–H groups in total. The molecule has 6 aromatic heterocycles. The predicted octanol–water partition coefficient (Wildman–Crippen LogP) is 15.2. The SMILES string of the molecule is CC(C)Oc1cc2c(cc1Nc1nc(Nc3ccccc3S(=O)(=O)C(C)C)c3cn[nH]c3n1)C(=O)N(C1CCN(C)CC1)C2.COCCN1CCC(N2Cc3cc(OC(C)C)c(Nc4nc(Nc5cc(C)ccc5S(=O)(=O)C(C)C)c5cn[nH]c5n4)cc3C2=O)CC1.Cc1ccc(S(=O)(=O)C(C)C)c(Nc2nc(Nc3cc4c(cc3OC(C)C)CN(C3CCN(C)CC3)C4=O)nc3[nH]ncc23)c1. The molecule has 6 aliphatic rings. The number of H-pyrrole nitrogens is 3. The average Bonchev–Trinajstić information content (AvgIpc) is 1.65. The lowest BCUT2D eigenvalue weighted by Gasteiger charge is -2.36. The van der Waals surface area contributed by atoms with Crippen LogP contribution in [0.2, 0.25) is 0 Å². The number of benzene rings is 6. The molecule has 137 heavy (non-hydrogen) atoms. The highest BCUT2D eigenvalue weighted by atomic mass is 32.2. The van der Waals surface area contributed by atoms with E-state index in [0.717, 1.165) is 112 Å². The van der Waals surface area contributed by atoms with Crippen LogP contribution in [0.3, 0.4) is 0 Å². The van der Waals surface area contributed by atoms with E-state index in [1.807, 2.05) is 106 Å². The molecule has 0 atom stereocenters. The number of fused-ring (bicyclic) bond motifs is 6. The number of ether oxygens (including phenoxy) is 4. The summed E-state index contributed by atoms with van der Waals surface area (Å²) < 4.78 is 103. The van der Waals surface area contributed by atoms with Gasteiger partial charge in [0.25, 0.3) is 17.7 Å². The van der Waals surface area contributed by atoms with E-state index in [1.54, 1.807) is 128 Å². The highest BCUT2D eigenvalue weighted by Gasteiger charge is 2.41. The fourth-order valence-corrected chi connectivity index (χ4v) is 21.4. The first kappa shape index (κ1) is 97.4. The van der Waals surface area contributed by atoms with Gasteiger partial charge in [0, 0.05) is 81.2 Å². The number of anilines is 12. The van der Waals surface area contributed by atoms with Crippen molar-refractivity contribution in [2.75, 3.05) is 106 Å². The van der Waals surface area contributed by atoms with Crippen LogP contribution in [-0.2, 0) is 53.9 Å². The Morgan fingerprint density at radius 1 is 0.387 bits per heavy atom. The summed E-state index contributed by atoms with van der Waals surface area (Å²) >= 11 is 0. The van der Waals surface area contributed by atoms with Crippen LogP contribution >= 0.6 is 0 Å². The zero-order valence-electron chi connectivity index (χ0n) is 80.4. The second-order valence-corrected chi connectivity index (χ2v) is 45.0. The van der Waals surface area contributed by atoms with Gasteiger partial charge in [0.2, 0.25) is 17.8 Å². The van der Waals surface area contributed by atoms with E-state index in [1.165, 1.54) is 0 Å². The van der Waals surface area contributed by atoms with Gasteiger partial charge in [-0.1, -0.05) is 24.3 Å². The molecule has 12 heterocycles. The van der Waals surface area contributed by atoms with Gasteiger partial charge in [-0.25, -0.2) is 25.3 Å². The van der Waals surface area contributed by atoms with Crippen molar-refractivity contribution in [3.05, 3.63) is 160 Å². The van der Waals surface area contributed by atoms with Crippen LogP contribution in [-0.4, -0.2) is 259 Å². The zero-order valence-corrected chi connectivity index (χ0v) is 82.9. The van der Waals surface area contributed by atoms with Gasteiger partial charge in [-0.3, -0.25) is 29.7 Å². The Bertz CT molecular complexity index is 6880. The number of rotatable bonds is 30. The number of piperidine rings is 3. The number of aromatic nitrogens is 12. The van der Waals surface area contributed by atoms with Crippen molar-refractivity contribution < 1.29 is 58.6 Å². The third-order valence-electron chi connectivity index (χ3n) is 25.4. The maximum atomic E-state index is 13.8. The molecule has 0 radical (unpaired) electrons. The number of carbonyl (C=O) groups excluding carboxylic acids is 3. The van der Waals surface area contributed by atoms with Gasteiger partial charge in [0.1, 0.15) is 34.7 Å². The molecule has 0 bridgehead atoms. The topological polar surface area (TPSA) is 446 Å². The van der Waals surface area contributed by atoms with Crippen LogP contribution in [0.25, 0.3) is 33.1 Å². The number of methoxy groups -OCH3 is 1. The van der Waals surface area contributed by atoms with Crippen molar-refractivity contribution in [2.24, 2.45) is 0 Å². The van der Waals surface area contributed by atoms with E-state index >= 15 is 0 Å². The largest absolute Gasteiger partial charge is 0.489 e.